The number of nitrogens with zero attached hydrogens (tertiary/aromatic N) is 1. The standard InChI is InChI=1S/C7H9F3N2O2/c1-3-4(6(13)14-2)11-12-5(3)7(8,9)10/h3,5,12H,1-2H3. The highest BCUT2D eigenvalue weighted by atomic mass is 19.4. The van der Waals surface area contributed by atoms with E-state index in [-0.39, 0.29) is 5.71 Å². The maximum Gasteiger partial charge on any atom is 0.410 e. The number of alkyl halides is 3. The Balaban J connectivity index is 2.76. The molecule has 0 aromatic rings. The van der Waals surface area contributed by atoms with Crippen molar-refractivity contribution >= 4 is 11.7 Å². The Morgan fingerprint density at radius 3 is 2.50 bits per heavy atom. The van der Waals surface area contributed by atoms with Gasteiger partial charge in [0, 0.05) is 5.92 Å². The van der Waals surface area contributed by atoms with Crippen LogP contribution in [0.15, 0.2) is 5.10 Å². The molecule has 0 spiro atoms. The van der Waals surface area contributed by atoms with Gasteiger partial charge in [0.25, 0.3) is 0 Å². The van der Waals surface area contributed by atoms with Gasteiger partial charge in [0.05, 0.1) is 7.11 Å². The number of hydrogen-bond acceptors (Lipinski definition) is 4. The zero-order valence-electron chi connectivity index (χ0n) is 7.55. The van der Waals surface area contributed by atoms with E-state index in [1.54, 1.807) is 0 Å². The summed E-state index contributed by atoms with van der Waals surface area (Å²) in [6.07, 6.45) is -4.42. The third-order valence-corrected chi connectivity index (χ3v) is 2.00. The fourth-order valence-corrected chi connectivity index (χ4v) is 1.20. The Morgan fingerprint density at radius 2 is 2.14 bits per heavy atom. The fraction of sp³-hybridized carbons (Fsp3) is 0.714. The molecule has 0 aliphatic carbocycles. The van der Waals surface area contributed by atoms with Gasteiger partial charge in [-0.2, -0.15) is 18.3 Å². The minimum absolute atomic E-state index is 0.227. The molecule has 14 heavy (non-hydrogen) atoms. The van der Waals surface area contributed by atoms with Crippen LogP contribution in [-0.4, -0.2) is 31.0 Å². The highest BCUT2D eigenvalue weighted by Crippen LogP contribution is 2.29. The van der Waals surface area contributed by atoms with Crippen molar-refractivity contribution in [3.8, 4) is 0 Å². The molecular weight excluding hydrogens is 201 g/mol. The first-order valence-electron chi connectivity index (χ1n) is 3.86. The molecule has 1 N–H and O–H groups in total. The molecule has 0 amide bonds. The molecule has 1 rings (SSSR count). The third-order valence-electron chi connectivity index (χ3n) is 2.00. The summed E-state index contributed by atoms with van der Waals surface area (Å²) in [5.41, 5.74) is 1.65. The third kappa shape index (κ3) is 1.80. The first-order chi connectivity index (χ1) is 6.38. The van der Waals surface area contributed by atoms with Gasteiger partial charge in [-0.3, -0.25) is 5.43 Å². The molecule has 0 saturated heterocycles. The summed E-state index contributed by atoms with van der Waals surface area (Å²) in [6, 6.07) is -1.81. The second kappa shape index (κ2) is 3.47. The number of rotatable bonds is 1. The van der Waals surface area contributed by atoms with E-state index in [9.17, 15) is 18.0 Å². The van der Waals surface area contributed by atoms with Crippen molar-refractivity contribution < 1.29 is 22.7 Å². The van der Waals surface area contributed by atoms with Crippen LogP contribution in [0.1, 0.15) is 6.92 Å². The Hall–Kier alpha value is -1.27. The summed E-state index contributed by atoms with van der Waals surface area (Å²) < 4.78 is 41.1. The van der Waals surface area contributed by atoms with Crippen LogP contribution in [0, 0.1) is 5.92 Å². The lowest BCUT2D eigenvalue weighted by Crippen LogP contribution is -2.42. The lowest BCUT2D eigenvalue weighted by Gasteiger charge is -2.18. The minimum Gasteiger partial charge on any atom is -0.464 e. The van der Waals surface area contributed by atoms with Gasteiger partial charge in [-0.15, -0.1) is 0 Å². The predicted octanol–water partition coefficient (Wildman–Crippen LogP) is 0.686. The Kier molecular flexibility index (Phi) is 2.68. The topological polar surface area (TPSA) is 50.7 Å². The van der Waals surface area contributed by atoms with Crippen LogP contribution in [0.25, 0.3) is 0 Å². The van der Waals surface area contributed by atoms with E-state index in [4.69, 9.17) is 0 Å². The molecule has 2 unspecified atom stereocenters. The molecule has 80 valence electrons. The molecule has 7 heteroatoms. The molecule has 0 bridgehead atoms. The van der Waals surface area contributed by atoms with E-state index < -0.39 is 24.1 Å². The monoisotopic (exact) mass is 210 g/mol. The van der Waals surface area contributed by atoms with Gasteiger partial charge in [-0.05, 0) is 0 Å². The molecule has 0 saturated carbocycles. The van der Waals surface area contributed by atoms with Gasteiger partial charge in [0.1, 0.15) is 6.04 Å². The Bertz CT molecular complexity index is 275. The van der Waals surface area contributed by atoms with Crippen molar-refractivity contribution in [3.63, 3.8) is 0 Å². The van der Waals surface area contributed by atoms with Gasteiger partial charge in [-0.1, -0.05) is 6.92 Å². The number of carbonyl (C=O) groups excluding carboxylic acids is 1. The quantitative estimate of drug-likeness (QED) is 0.647. The molecule has 1 aliphatic heterocycles. The van der Waals surface area contributed by atoms with E-state index in [2.05, 4.69) is 9.84 Å². The molecule has 4 nitrogen and oxygen atoms in total. The van der Waals surface area contributed by atoms with E-state index in [0.717, 1.165) is 7.11 Å². The van der Waals surface area contributed by atoms with Crippen molar-refractivity contribution in [2.75, 3.05) is 7.11 Å². The highest BCUT2D eigenvalue weighted by molar-refractivity contribution is 6.37. The Labute approximate surface area is 78.1 Å². The smallest absolute Gasteiger partial charge is 0.410 e. The van der Waals surface area contributed by atoms with E-state index in [1.807, 2.05) is 5.43 Å². The number of esters is 1. The second-order valence-corrected chi connectivity index (χ2v) is 2.93. The minimum atomic E-state index is -4.42. The molecule has 1 aliphatic rings. The number of ether oxygens (including phenoxy) is 1. The van der Waals surface area contributed by atoms with Gasteiger partial charge < -0.3 is 4.74 Å². The largest absolute Gasteiger partial charge is 0.464 e. The van der Waals surface area contributed by atoms with Crippen LogP contribution in [0.3, 0.4) is 0 Å². The summed E-state index contributed by atoms with van der Waals surface area (Å²) >= 11 is 0. The van der Waals surface area contributed by atoms with Gasteiger partial charge in [0.15, 0.2) is 5.71 Å². The van der Waals surface area contributed by atoms with Crippen LogP contribution in [0.5, 0.6) is 0 Å². The Morgan fingerprint density at radius 1 is 1.57 bits per heavy atom. The maximum absolute atomic E-state index is 12.3. The number of hydrogen-bond donors (Lipinski definition) is 1. The first-order valence-corrected chi connectivity index (χ1v) is 3.86. The summed E-state index contributed by atoms with van der Waals surface area (Å²) in [7, 11) is 1.10. The molecule has 0 aromatic heterocycles. The molecule has 0 aromatic carbocycles. The van der Waals surface area contributed by atoms with Gasteiger partial charge in [0.2, 0.25) is 0 Å². The maximum atomic E-state index is 12.3. The second-order valence-electron chi connectivity index (χ2n) is 2.93. The van der Waals surface area contributed by atoms with Crippen LogP contribution < -0.4 is 5.43 Å². The van der Waals surface area contributed by atoms with Crippen LogP contribution in [0.4, 0.5) is 13.2 Å². The number of methoxy groups -OCH3 is 1. The van der Waals surface area contributed by atoms with Crippen LogP contribution in [-0.2, 0) is 9.53 Å². The molecule has 2 atom stereocenters. The number of halogens is 3. The van der Waals surface area contributed by atoms with Gasteiger partial charge >= 0.3 is 12.1 Å². The predicted molar refractivity (Wildman–Crippen MR) is 41.6 cm³/mol. The summed E-state index contributed by atoms with van der Waals surface area (Å²) in [5.74, 6) is -1.86. The first kappa shape index (κ1) is 10.8. The zero-order chi connectivity index (χ0) is 10.9. The van der Waals surface area contributed by atoms with Crippen molar-refractivity contribution in [3.05, 3.63) is 0 Å². The van der Waals surface area contributed by atoms with Crippen molar-refractivity contribution in [2.45, 2.75) is 19.1 Å². The normalized spacial score (nSPS) is 26.8. The lowest BCUT2D eigenvalue weighted by molar-refractivity contribution is -0.159. The lowest BCUT2D eigenvalue weighted by atomic mass is 9.98. The summed E-state index contributed by atoms with van der Waals surface area (Å²) in [5, 5.41) is 3.31. The fourth-order valence-electron chi connectivity index (χ4n) is 1.20. The number of hydrazone groups is 1. The zero-order valence-corrected chi connectivity index (χ0v) is 7.55. The van der Waals surface area contributed by atoms with Crippen LogP contribution >= 0.6 is 0 Å². The number of nitrogens with one attached hydrogen (secondary N) is 1. The van der Waals surface area contributed by atoms with Crippen molar-refractivity contribution in [1.29, 1.82) is 0 Å². The van der Waals surface area contributed by atoms with E-state index >= 15 is 0 Å². The molecule has 0 fully saturated rings. The van der Waals surface area contributed by atoms with Crippen LogP contribution in [0.2, 0.25) is 0 Å². The average molecular weight is 210 g/mol. The van der Waals surface area contributed by atoms with E-state index in [0.29, 0.717) is 0 Å². The molecule has 0 radical (unpaired) electrons. The number of carbonyl (C=O) groups is 1. The SMILES string of the molecule is COC(=O)C1=NNC(C(F)(F)F)C1C. The average Bonchev–Trinajstić information content (AvgIpc) is 2.45. The van der Waals surface area contributed by atoms with E-state index in [1.165, 1.54) is 6.92 Å². The molecule has 1 heterocycles. The van der Waals surface area contributed by atoms with Gasteiger partial charge in [-0.25, -0.2) is 4.79 Å². The summed E-state index contributed by atoms with van der Waals surface area (Å²) in [6.45, 7) is 1.27. The van der Waals surface area contributed by atoms with Crippen molar-refractivity contribution in [2.24, 2.45) is 11.0 Å². The molecular formula is C7H9F3N2O2. The summed E-state index contributed by atoms with van der Waals surface area (Å²) in [4.78, 5) is 10.9. The highest BCUT2D eigenvalue weighted by Gasteiger charge is 2.49. The van der Waals surface area contributed by atoms with Crippen molar-refractivity contribution in [1.82, 2.24) is 5.43 Å².